The zero-order valence-electron chi connectivity index (χ0n) is 13.1. The van der Waals surface area contributed by atoms with Crippen LogP contribution in [0, 0.1) is 12.8 Å². The maximum absolute atomic E-state index is 12.9. The summed E-state index contributed by atoms with van der Waals surface area (Å²) in [5, 5.41) is 14.1. The van der Waals surface area contributed by atoms with E-state index in [1.165, 1.54) is 0 Å². The van der Waals surface area contributed by atoms with Crippen LogP contribution in [0.4, 0.5) is 0 Å². The van der Waals surface area contributed by atoms with Gasteiger partial charge in [-0.15, -0.1) is 0 Å². The normalized spacial score (nSPS) is 18.2. The van der Waals surface area contributed by atoms with Crippen molar-refractivity contribution in [1.29, 1.82) is 0 Å². The average molecular weight is 334 g/mol. The van der Waals surface area contributed by atoms with Crippen LogP contribution in [0.3, 0.4) is 0 Å². The van der Waals surface area contributed by atoms with Gasteiger partial charge in [0.2, 0.25) is 0 Å². The fourth-order valence-corrected chi connectivity index (χ4v) is 3.39. The minimum absolute atomic E-state index is 0.104. The van der Waals surface area contributed by atoms with E-state index in [1.54, 1.807) is 16.5 Å². The van der Waals surface area contributed by atoms with Gasteiger partial charge in [0.25, 0.3) is 5.91 Å². The topological polar surface area (TPSA) is 58.4 Å². The highest BCUT2D eigenvalue weighted by Crippen LogP contribution is 2.26. The van der Waals surface area contributed by atoms with Gasteiger partial charge in [-0.05, 0) is 37.8 Å². The Morgan fingerprint density at radius 1 is 1.39 bits per heavy atom. The van der Waals surface area contributed by atoms with Crippen LogP contribution < -0.4 is 0 Å². The second-order valence-electron chi connectivity index (χ2n) is 5.94. The molecule has 1 fully saturated rings. The van der Waals surface area contributed by atoms with Crippen LogP contribution in [-0.2, 0) is 0 Å². The van der Waals surface area contributed by atoms with Crippen molar-refractivity contribution in [2.75, 3.05) is 19.7 Å². The highest BCUT2D eigenvalue weighted by molar-refractivity contribution is 6.33. The Morgan fingerprint density at radius 3 is 2.83 bits per heavy atom. The van der Waals surface area contributed by atoms with E-state index < -0.39 is 0 Å². The van der Waals surface area contributed by atoms with Crippen molar-refractivity contribution in [3.05, 3.63) is 46.7 Å². The molecule has 0 saturated carbocycles. The summed E-state index contributed by atoms with van der Waals surface area (Å²) in [6.07, 6.45) is 1.86. The Kier molecular flexibility index (Phi) is 4.68. The van der Waals surface area contributed by atoms with Crippen molar-refractivity contribution in [3.63, 3.8) is 0 Å². The molecule has 0 bridgehead atoms. The summed E-state index contributed by atoms with van der Waals surface area (Å²) in [5.74, 6) is 0.0452. The summed E-state index contributed by atoms with van der Waals surface area (Å²) >= 11 is 6.45. The molecule has 6 heteroatoms. The maximum atomic E-state index is 12.9. The largest absolute Gasteiger partial charge is 0.396 e. The first kappa shape index (κ1) is 16.0. The molecule has 1 aromatic carbocycles. The van der Waals surface area contributed by atoms with Crippen LogP contribution in [0.5, 0.6) is 0 Å². The molecule has 1 aromatic heterocycles. The Morgan fingerprint density at radius 2 is 2.13 bits per heavy atom. The lowest BCUT2D eigenvalue weighted by atomic mass is 9.98. The van der Waals surface area contributed by atoms with Gasteiger partial charge in [0, 0.05) is 19.7 Å². The van der Waals surface area contributed by atoms with Gasteiger partial charge in [-0.25, -0.2) is 4.68 Å². The lowest BCUT2D eigenvalue weighted by Gasteiger charge is -2.31. The molecule has 1 saturated heterocycles. The molecule has 0 radical (unpaired) electrons. The van der Waals surface area contributed by atoms with Crippen molar-refractivity contribution in [3.8, 4) is 5.69 Å². The SMILES string of the molecule is Cc1nn(-c2ccccc2)c(Cl)c1C(=O)N1CCCC(CO)C1. The molecule has 23 heavy (non-hydrogen) atoms. The molecule has 0 spiro atoms. The van der Waals surface area contributed by atoms with Gasteiger partial charge in [-0.3, -0.25) is 4.79 Å². The van der Waals surface area contributed by atoms with Crippen molar-refractivity contribution < 1.29 is 9.90 Å². The van der Waals surface area contributed by atoms with E-state index in [2.05, 4.69) is 5.10 Å². The van der Waals surface area contributed by atoms with Gasteiger partial charge in [0.05, 0.1) is 16.9 Å². The maximum Gasteiger partial charge on any atom is 0.258 e. The first-order chi connectivity index (χ1) is 11.1. The third-order valence-electron chi connectivity index (χ3n) is 4.28. The summed E-state index contributed by atoms with van der Waals surface area (Å²) in [7, 11) is 0. The number of hydrogen-bond donors (Lipinski definition) is 1. The number of aliphatic hydroxyl groups is 1. The zero-order valence-corrected chi connectivity index (χ0v) is 13.8. The molecule has 1 atom stereocenters. The first-order valence-corrected chi connectivity index (χ1v) is 8.20. The lowest BCUT2D eigenvalue weighted by molar-refractivity contribution is 0.0620. The molecule has 1 unspecified atom stereocenters. The quantitative estimate of drug-likeness (QED) is 0.939. The van der Waals surface area contributed by atoms with Crippen LogP contribution in [0.15, 0.2) is 30.3 Å². The molecular formula is C17H20ClN3O2. The molecular weight excluding hydrogens is 314 g/mol. The Balaban J connectivity index is 1.91. The van der Waals surface area contributed by atoms with E-state index in [9.17, 15) is 9.90 Å². The van der Waals surface area contributed by atoms with Gasteiger partial charge in [0.1, 0.15) is 5.15 Å². The Bertz CT molecular complexity index is 699. The van der Waals surface area contributed by atoms with Gasteiger partial charge in [-0.1, -0.05) is 29.8 Å². The number of carbonyl (C=O) groups is 1. The molecule has 2 heterocycles. The van der Waals surface area contributed by atoms with Crippen molar-refractivity contribution >= 4 is 17.5 Å². The van der Waals surface area contributed by atoms with E-state index >= 15 is 0 Å². The highest BCUT2D eigenvalue weighted by atomic mass is 35.5. The minimum Gasteiger partial charge on any atom is -0.396 e. The van der Waals surface area contributed by atoms with Crippen molar-refractivity contribution in [1.82, 2.24) is 14.7 Å². The molecule has 5 nitrogen and oxygen atoms in total. The Labute approximate surface area is 140 Å². The zero-order chi connectivity index (χ0) is 16.4. The number of rotatable bonds is 3. The summed E-state index contributed by atoms with van der Waals surface area (Å²) in [6.45, 7) is 3.18. The Hall–Kier alpha value is -1.85. The van der Waals surface area contributed by atoms with E-state index in [0.29, 0.717) is 29.5 Å². The number of carbonyl (C=O) groups excluding carboxylic acids is 1. The summed E-state index contributed by atoms with van der Waals surface area (Å²) < 4.78 is 1.59. The third kappa shape index (κ3) is 3.12. The van der Waals surface area contributed by atoms with Crippen molar-refractivity contribution in [2.24, 2.45) is 5.92 Å². The fraction of sp³-hybridized carbons (Fsp3) is 0.412. The summed E-state index contributed by atoms with van der Waals surface area (Å²) in [6, 6.07) is 9.52. The van der Waals surface area contributed by atoms with Crippen LogP contribution in [0.1, 0.15) is 28.9 Å². The number of aryl methyl sites for hydroxylation is 1. The number of benzene rings is 1. The number of amides is 1. The summed E-state index contributed by atoms with van der Waals surface area (Å²) in [5.41, 5.74) is 1.90. The second kappa shape index (κ2) is 6.72. The standard InChI is InChI=1S/C17H20ClN3O2/c1-12-15(17(23)20-9-5-6-13(10-20)11-22)16(18)21(19-12)14-7-3-2-4-8-14/h2-4,7-8,13,22H,5-6,9-11H2,1H3. The predicted molar refractivity (Wildman–Crippen MR) is 89.0 cm³/mol. The first-order valence-electron chi connectivity index (χ1n) is 7.82. The minimum atomic E-state index is -0.104. The van der Waals surface area contributed by atoms with Crippen LogP contribution in [0.25, 0.3) is 5.69 Å². The van der Waals surface area contributed by atoms with Gasteiger partial charge in [0.15, 0.2) is 0 Å². The van der Waals surface area contributed by atoms with Crippen molar-refractivity contribution in [2.45, 2.75) is 19.8 Å². The van der Waals surface area contributed by atoms with Gasteiger partial charge in [-0.2, -0.15) is 5.10 Å². The van der Waals surface area contributed by atoms with E-state index in [-0.39, 0.29) is 18.4 Å². The molecule has 1 aliphatic rings. The van der Waals surface area contributed by atoms with E-state index in [0.717, 1.165) is 18.5 Å². The lowest BCUT2D eigenvalue weighted by Crippen LogP contribution is -2.41. The highest BCUT2D eigenvalue weighted by Gasteiger charge is 2.29. The number of para-hydroxylation sites is 1. The smallest absolute Gasteiger partial charge is 0.258 e. The number of piperidine rings is 1. The fourth-order valence-electron chi connectivity index (χ4n) is 3.04. The molecule has 122 valence electrons. The summed E-state index contributed by atoms with van der Waals surface area (Å²) in [4.78, 5) is 14.6. The number of nitrogens with zero attached hydrogens (tertiary/aromatic N) is 3. The van der Waals surface area contributed by atoms with E-state index in [1.807, 2.05) is 30.3 Å². The van der Waals surface area contributed by atoms with Gasteiger partial charge < -0.3 is 10.0 Å². The number of halogens is 1. The second-order valence-corrected chi connectivity index (χ2v) is 6.30. The molecule has 3 rings (SSSR count). The van der Waals surface area contributed by atoms with E-state index in [4.69, 9.17) is 11.6 Å². The van der Waals surface area contributed by atoms with Crippen LogP contribution in [-0.4, -0.2) is 45.4 Å². The number of hydrogen-bond acceptors (Lipinski definition) is 3. The molecule has 1 amide bonds. The van der Waals surface area contributed by atoms with Gasteiger partial charge >= 0.3 is 0 Å². The molecule has 1 aliphatic heterocycles. The predicted octanol–water partition coefficient (Wildman–Crippen LogP) is 2.68. The third-order valence-corrected chi connectivity index (χ3v) is 4.63. The van der Waals surface area contributed by atoms with Crippen LogP contribution in [0.2, 0.25) is 5.15 Å². The molecule has 0 aliphatic carbocycles. The number of likely N-dealkylation sites (tertiary alicyclic amines) is 1. The number of aliphatic hydroxyl groups excluding tert-OH is 1. The monoisotopic (exact) mass is 333 g/mol. The average Bonchev–Trinajstić information content (AvgIpc) is 2.89. The van der Waals surface area contributed by atoms with Crippen LogP contribution >= 0.6 is 11.6 Å². The molecule has 1 N–H and O–H groups in total. The molecule has 2 aromatic rings. The number of aromatic nitrogens is 2.